The fourth-order valence-electron chi connectivity index (χ4n) is 2.14. The van der Waals surface area contributed by atoms with E-state index in [0.29, 0.717) is 11.1 Å². The maximum Gasteiger partial charge on any atom is 0.337 e. The molecule has 132 valence electrons. The first-order chi connectivity index (χ1) is 11.8. The average molecular weight is 363 g/mol. The van der Waals surface area contributed by atoms with Crippen LogP contribution in [0.4, 0.5) is 5.69 Å². The Bertz CT molecular complexity index is 903. The van der Waals surface area contributed by atoms with E-state index in [0.717, 1.165) is 0 Å². The van der Waals surface area contributed by atoms with Crippen LogP contribution in [0.5, 0.6) is 0 Å². The molecule has 8 heteroatoms. The molecule has 1 N–H and O–H groups in total. The molecular formula is C17H17NO6S. The molecule has 0 aromatic heterocycles. The zero-order chi connectivity index (χ0) is 18.6. The number of esters is 2. The molecule has 0 aliphatic heterocycles. The van der Waals surface area contributed by atoms with E-state index in [1.165, 1.54) is 56.7 Å². The van der Waals surface area contributed by atoms with Gasteiger partial charge in [0.2, 0.25) is 0 Å². The van der Waals surface area contributed by atoms with Gasteiger partial charge in [0.25, 0.3) is 10.0 Å². The Hall–Kier alpha value is -2.87. The molecule has 0 saturated heterocycles. The van der Waals surface area contributed by atoms with Gasteiger partial charge < -0.3 is 9.47 Å². The normalized spacial score (nSPS) is 10.8. The molecule has 2 aromatic carbocycles. The minimum atomic E-state index is -3.92. The second kappa shape index (κ2) is 7.35. The van der Waals surface area contributed by atoms with Gasteiger partial charge in [0.15, 0.2) is 0 Å². The first kappa shape index (κ1) is 18.5. The quantitative estimate of drug-likeness (QED) is 0.819. The number of anilines is 1. The summed E-state index contributed by atoms with van der Waals surface area (Å²) in [5.41, 5.74) is 1.19. The van der Waals surface area contributed by atoms with E-state index in [2.05, 4.69) is 14.2 Å². The highest BCUT2D eigenvalue weighted by Crippen LogP contribution is 2.21. The third-order valence-electron chi connectivity index (χ3n) is 3.46. The number of benzene rings is 2. The number of methoxy groups -OCH3 is 2. The summed E-state index contributed by atoms with van der Waals surface area (Å²) < 4.78 is 36.8. The van der Waals surface area contributed by atoms with Crippen LogP contribution in [0.15, 0.2) is 47.4 Å². The van der Waals surface area contributed by atoms with Gasteiger partial charge in [-0.15, -0.1) is 0 Å². The molecule has 0 heterocycles. The molecule has 25 heavy (non-hydrogen) atoms. The fourth-order valence-corrected chi connectivity index (χ4v) is 3.47. The number of aryl methyl sites for hydroxylation is 1. The number of nitrogens with one attached hydrogen (secondary N) is 1. The summed E-state index contributed by atoms with van der Waals surface area (Å²) in [5.74, 6) is -1.14. The lowest BCUT2D eigenvalue weighted by Crippen LogP contribution is -2.15. The lowest BCUT2D eigenvalue weighted by molar-refractivity contribution is 0.0591. The Morgan fingerprint density at radius 3 is 1.96 bits per heavy atom. The van der Waals surface area contributed by atoms with E-state index in [4.69, 9.17) is 0 Å². The first-order valence-electron chi connectivity index (χ1n) is 7.18. The number of hydrogen-bond donors (Lipinski definition) is 1. The van der Waals surface area contributed by atoms with Gasteiger partial charge in [0.1, 0.15) is 0 Å². The lowest BCUT2D eigenvalue weighted by Gasteiger charge is -2.12. The van der Waals surface area contributed by atoms with E-state index in [9.17, 15) is 18.0 Å². The number of hydrogen-bond acceptors (Lipinski definition) is 6. The van der Waals surface area contributed by atoms with Gasteiger partial charge in [0, 0.05) is 5.69 Å². The molecule has 0 spiro atoms. The Kier molecular flexibility index (Phi) is 5.43. The summed E-state index contributed by atoms with van der Waals surface area (Å²) in [6.45, 7) is 1.62. The van der Waals surface area contributed by atoms with Crippen LogP contribution in [0.3, 0.4) is 0 Å². The van der Waals surface area contributed by atoms with E-state index in [1.807, 2.05) is 0 Å². The van der Waals surface area contributed by atoms with Crippen molar-refractivity contribution in [3.8, 4) is 0 Å². The minimum Gasteiger partial charge on any atom is -0.465 e. The average Bonchev–Trinajstić information content (AvgIpc) is 2.61. The number of rotatable bonds is 5. The molecule has 0 unspecified atom stereocenters. The van der Waals surface area contributed by atoms with Crippen LogP contribution >= 0.6 is 0 Å². The Labute approximate surface area is 145 Å². The number of carbonyl (C=O) groups excluding carboxylic acids is 2. The lowest BCUT2D eigenvalue weighted by atomic mass is 10.1. The monoisotopic (exact) mass is 363 g/mol. The standard InChI is InChI=1S/C17H17NO6S/c1-11-4-5-13(17(20)24-3)10-15(11)25(21,22)18-14-8-6-12(7-9-14)16(19)23-2/h4-10,18H,1-3H3. The number of sulfonamides is 1. The van der Waals surface area contributed by atoms with Gasteiger partial charge in [-0.05, 0) is 48.9 Å². The third kappa shape index (κ3) is 4.16. The van der Waals surface area contributed by atoms with Gasteiger partial charge in [0.05, 0.1) is 30.2 Å². The molecular weight excluding hydrogens is 346 g/mol. The molecule has 0 radical (unpaired) electrons. The fraction of sp³-hybridized carbons (Fsp3) is 0.176. The van der Waals surface area contributed by atoms with Crippen LogP contribution in [-0.2, 0) is 19.5 Å². The highest BCUT2D eigenvalue weighted by molar-refractivity contribution is 7.92. The predicted molar refractivity (Wildman–Crippen MR) is 91.1 cm³/mol. The molecule has 2 aromatic rings. The molecule has 0 atom stereocenters. The smallest absolute Gasteiger partial charge is 0.337 e. The maximum absolute atomic E-state index is 12.6. The van der Waals surface area contributed by atoms with Crippen molar-refractivity contribution < 1.29 is 27.5 Å². The van der Waals surface area contributed by atoms with E-state index < -0.39 is 22.0 Å². The largest absolute Gasteiger partial charge is 0.465 e. The van der Waals surface area contributed by atoms with Crippen LogP contribution in [0.1, 0.15) is 26.3 Å². The molecule has 0 fully saturated rings. The van der Waals surface area contributed by atoms with E-state index >= 15 is 0 Å². The predicted octanol–water partition coefficient (Wildman–Crippen LogP) is 2.37. The molecule has 2 rings (SSSR count). The maximum atomic E-state index is 12.6. The summed E-state index contributed by atoms with van der Waals surface area (Å²) in [6.07, 6.45) is 0. The van der Waals surface area contributed by atoms with Crippen molar-refractivity contribution in [3.05, 3.63) is 59.2 Å². The van der Waals surface area contributed by atoms with Gasteiger partial charge in [-0.1, -0.05) is 6.07 Å². The topological polar surface area (TPSA) is 98.8 Å². The summed E-state index contributed by atoms with van der Waals surface area (Å²) in [5, 5.41) is 0. The van der Waals surface area contributed by atoms with E-state index in [-0.39, 0.29) is 16.1 Å². The van der Waals surface area contributed by atoms with Crippen molar-refractivity contribution in [2.24, 2.45) is 0 Å². The summed E-state index contributed by atoms with van der Waals surface area (Å²) in [4.78, 5) is 23.0. The molecule has 0 saturated carbocycles. The van der Waals surface area contributed by atoms with Gasteiger partial charge in [-0.3, -0.25) is 4.72 Å². The van der Waals surface area contributed by atoms with Crippen molar-refractivity contribution >= 4 is 27.6 Å². The van der Waals surface area contributed by atoms with Crippen LogP contribution in [0, 0.1) is 6.92 Å². The molecule has 0 amide bonds. The van der Waals surface area contributed by atoms with Gasteiger partial charge in [-0.25, -0.2) is 18.0 Å². The first-order valence-corrected chi connectivity index (χ1v) is 8.67. The van der Waals surface area contributed by atoms with Crippen LogP contribution in [0.2, 0.25) is 0 Å². The summed E-state index contributed by atoms with van der Waals surface area (Å²) in [7, 11) is -1.44. The van der Waals surface area contributed by atoms with Crippen molar-refractivity contribution in [2.45, 2.75) is 11.8 Å². The Morgan fingerprint density at radius 2 is 1.40 bits per heavy atom. The molecule has 0 aliphatic carbocycles. The third-order valence-corrected chi connectivity index (χ3v) is 4.98. The Balaban J connectivity index is 2.33. The number of ether oxygens (including phenoxy) is 2. The number of carbonyl (C=O) groups is 2. The minimum absolute atomic E-state index is 0.0348. The van der Waals surface area contributed by atoms with Crippen molar-refractivity contribution in [2.75, 3.05) is 18.9 Å². The molecule has 0 aliphatic rings. The van der Waals surface area contributed by atoms with Crippen molar-refractivity contribution in [3.63, 3.8) is 0 Å². The van der Waals surface area contributed by atoms with Crippen LogP contribution in [0.25, 0.3) is 0 Å². The van der Waals surface area contributed by atoms with Gasteiger partial charge in [-0.2, -0.15) is 0 Å². The second-order valence-electron chi connectivity index (χ2n) is 5.15. The summed E-state index contributed by atoms with van der Waals surface area (Å²) in [6, 6.07) is 10.1. The van der Waals surface area contributed by atoms with Crippen molar-refractivity contribution in [1.82, 2.24) is 0 Å². The summed E-state index contributed by atoms with van der Waals surface area (Å²) >= 11 is 0. The molecule has 7 nitrogen and oxygen atoms in total. The highest BCUT2D eigenvalue weighted by atomic mass is 32.2. The SMILES string of the molecule is COC(=O)c1ccc(NS(=O)(=O)c2cc(C(=O)OC)ccc2C)cc1. The Morgan fingerprint density at radius 1 is 0.880 bits per heavy atom. The second-order valence-corrected chi connectivity index (χ2v) is 6.80. The van der Waals surface area contributed by atoms with Crippen LogP contribution in [-0.4, -0.2) is 34.6 Å². The van der Waals surface area contributed by atoms with Crippen molar-refractivity contribution in [1.29, 1.82) is 0 Å². The zero-order valence-corrected chi connectivity index (χ0v) is 14.7. The zero-order valence-electron chi connectivity index (χ0n) is 13.9. The van der Waals surface area contributed by atoms with E-state index in [1.54, 1.807) is 6.92 Å². The molecule has 0 bridgehead atoms. The van der Waals surface area contributed by atoms with Crippen LogP contribution < -0.4 is 4.72 Å². The van der Waals surface area contributed by atoms with Gasteiger partial charge >= 0.3 is 11.9 Å². The highest BCUT2D eigenvalue weighted by Gasteiger charge is 2.20.